The third kappa shape index (κ3) is 8.33. The van der Waals surface area contributed by atoms with Crippen molar-refractivity contribution in [1.29, 1.82) is 0 Å². The van der Waals surface area contributed by atoms with E-state index in [1.165, 1.54) is 95.5 Å². The Hall–Kier alpha value is -0.690. The monoisotopic (exact) mass is 378 g/mol. The molecule has 1 aliphatic carbocycles. The van der Waals surface area contributed by atoms with Crippen LogP contribution in [0.5, 0.6) is 5.75 Å². The maximum absolute atomic E-state index is 6.46. The summed E-state index contributed by atoms with van der Waals surface area (Å²) in [4.78, 5) is 0. The zero-order valence-electron chi connectivity index (χ0n) is 16.9. The molecule has 0 unspecified atom stereocenters. The number of benzene rings is 1. The fraction of sp³-hybridized carbons (Fsp3) is 0.750. The van der Waals surface area contributed by atoms with Gasteiger partial charge in [-0.25, -0.2) is 0 Å². The highest BCUT2D eigenvalue weighted by molar-refractivity contribution is 6.32. The van der Waals surface area contributed by atoms with Crippen molar-refractivity contribution < 1.29 is 4.74 Å². The molecule has 0 saturated heterocycles. The van der Waals surface area contributed by atoms with Crippen LogP contribution in [-0.2, 0) is 0 Å². The van der Waals surface area contributed by atoms with Crippen molar-refractivity contribution in [1.82, 2.24) is 0 Å². The lowest BCUT2D eigenvalue weighted by Crippen LogP contribution is -2.05. The maximum Gasteiger partial charge on any atom is 0.137 e. The summed E-state index contributed by atoms with van der Waals surface area (Å²) in [5.41, 5.74) is 1.40. The summed E-state index contributed by atoms with van der Waals surface area (Å²) in [5.74, 6) is 1.57. The van der Waals surface area contributed by atoms with Crippen LogP contribution in [0, 0.1) is 0 Å². The molecule has 1 fully saturated rings. The van der Waals surface area contributed by atoms with Gasteiger partial charge in [-0.05, 0) is 42.9 Å². The number of halogens is 1. The molecule has 148 valence electrons. The van der Waals surface area contributed by atoms with E-state index in [9.17, 15) is 0 Å². The lowest BCUT2D eigenvalue weighted by molar-refractivity contribution is 0.304. The van der Waals surface area contributed by atoms with E-state index >= 15 is 0 Å². The Morgan fingerprint density at radius 2 is 1.46 bits per heavy atom. The number of unbranched alkanes of at least 4 members (excludes halogenated alkanes) is 9. The second-order valence-corrected chi connectivity index (χ2v) is 8.46. The fourth-order valence-electron chi connectivity index (χ4n) is 4.10. The zero-order valence-corrected chi connectivity index (χ0v) is 17.7. The van der Waals surface area contributed by atoms with E-state index in [0.29, 0.717) is 5.92 Å². The Morgan fingerprint density at radius 3 is 2.08 bits per heavy atom. The highest BCUT2D eigenvalue weighted by Gasteiger charge is 2.16. The van der Waals surface area contributed by atoms with Gasteiger partial charge in [0.2, 0.25) is 0 Å². The van der Waals surface area contributed by atoms with Gasteiger partial charge < -0.3 is 4.74 Å². The molecule has 2 heteroatoms. The van der Waals surface area contributed by atoms with Crippen LogP contribution >= 0.6 is 11.6 Å². The topological polar surface area (TPSA) is 9.23 Å². The molecule has 0 heterocycles. The molecule has 1 aromatic rings. The Kier molecular flexibility index (Phi) is 11.2. The standard InChI is InChI=1S/C24H39ClO/c1-2-3-4-5-6-7-8-9-10-14-19-26-24-18-17-22(20-23(24)25)21-15-12-11-13-16-21/h17-18,20-21H,2-16,19H2,1H3. The molecule has 0 aromatic heterocycles. The van der Waals surface area contributed by atoms with Crippen LogP contribution in [0.25, 0.3) is 0 Å². The van der Waals surface area contributed by atoms with E-state index in [0.717, 1.165) is 23.8 Å². The SMILES string of the molecule is CCCCCCCCCCCCOc1ccc(C2CCCCC2)cc1Cl. The second kappa shape index (κ2) is 13.5. The van der Waals surface area contributed by atoms with Crippen LogP contribution in [0.3, 0.4) is 0 Å². The minimum atomic E-state index is 0.706. The molecule has 0 spiro atoms. The van der Waals surface area contributed by atoms with Crippen molar-refractivity contribution in [2.75, 3.05) is 6.61 Å². The molecule has 1 saturated carbocycles. The van der Waals surface area contributed by atoms with E-state index in [-0.39, 0.29) is 0 Å². The van der Waals surface area contributed by atoms with Gasteiger partial charge in [-0.15, -0.1) is 0 Å². The van der Waals surface area contributed by atoms with Gasteiger partial charge in [-0.2, -0.15) is 0 Å². The first kappa shape index (κ1) is 21.6. The number of rotatable bonds is 13. The Bertz CT molecular complexity index is 479. The van der Waals surface area contributed by atoms with Crippen molar-refractivity contribution in [2.24, 2.45) is 0 Å². The van der Waals surface area contributed by atoms with E-state index in [4.69, 9.17) is 16.3 Å². The summed E-state index contributed by atoms with van der Waals surface area (Å²) in [6.45, 7) is 3.07. The van der Waals surface area contributed by atoms with Gasteiger partial charge in [0.15, 0.2) is 0 Å². The van der Waals surface area contributed by atoms with Crippen molar-refractivity contribution in [2.45, 2.75) is 109 Å². The van der Waals surface area contributed by atoms with E-state index < -0.39 is 0 Å². The van der Waals surface area contributed by atoms with Crippen LogP contribution in [0.15, 0.2) is 18.2 Å². The molecule has 0 radical (unpaired) electrons. The van der Waals surface area contributed by atoms with Crippen molar-refractivity contribution >= 4 is 11.6 Å². The van der Waals surface area contributed by atoms with E-state index in [1.54, 1.807) is 0 Å². The largest absolute Gasteiger partial charge is 0.492 e. The van der Waals surface area contributed by atoms with Crippen LogP contribution in [-0.4, -0.2) is 6.61 Å². The predicted octanol–water partition coefficient (Wildman–Crippen LogP) is 8.69. The highest BCUT2D eigenvalue weighted by atomic mass is 35.5. The fourth-order valence-corrected chi connectivity index (χ4v) is 4.34. The Labute approximate surface area is 166 Å². The van der Waals surface area contributed by atoms with Crippen molar-refractivity contribution in [3.05, 3.63) is 28.8 Å². The normalized spacial score (nSPS) is 15.3. The first-order valence-electron chi connectivity index (χ1n) is 11.2. The summed E-state index contributed by atoms with van der Waals surface area (Å²) in [5, 5.41) is 0.792. The minimum Gasteiger partial charge on any atom is -0.492 e. The van der Waals surface area contributed by atoms with E-state index in [1.807, 2.05) is 0 Å². The van der Waals surface area contributed by atoms with Crippen LogP contribution in [0.2, 0.25) is 5.02 Å². The van der Waals surface area contributed by atoms with Crippen LogP contribution in [0.1, 0.15) is 115 Å². The van der Waals surface area contributed by atoms with Crippen LogP contribution in [0.4, 0.5) is 0 Å². The summed E-state index contributed by atoms with van der Waals surface area (Å²) in [7, 11) is 0. The third-order valence-corrected chi connectivity index (χ3v) is 6.08. The number of hydrogen-bond acceptors (Lipinski definition) is 1. The van der Waals surface area contributed by atoms with Gasteiger partial charge in [-0.3, -0.25) is 0 Å². The van der Waals surface area contributed by atoms with Crippen molar-refractivity contribution in [3.63, 3.8) is 0 Å². The quantitative estimate of drug-likeness (QED) is 0.312. The Morgan fingerprint density at radius 1 is 0.846 bits per heavy atom. The summed E-state index contributed by atoms with van der Waals surface area (Å²) in [6, 6.07) is 6.46. The molecule has 0 bridgehead atoms. The van der Waals surface area contributed by atoms with Gasteiger partial charge in [0.1, 0.15) is 5.75 Å². The molecule has 0 atom stereocenters. The third-order valence-electron chi connectivity index (χ3n) is 5.79. The first-order valence-corrected chi connectivity index (χ1v) is 11.6. The molecule has 0 aliphatic heterocycles. The minimum absolute atomic E-state index is 0.706. The second-order valence-electron chi connectivity index (χ2n) is 8.06. The van der Waals surface area contributed by atoms with Gasteiger partial charge in [0.05, 0.1) is 11.6 Å². The van der Waals surface area contributed by atoms with Gasteiger partial charge >= 0.3 is 0 Å². The molecule has 0 amide bonds. The summed E-state index contributed by atoms with van der Waals surface area (Å²) >= 11 is 6.46. The smallest absolute Gasteiger partial charge is 0.137 e. The maximum atomic E-state index is 6.46. The average molecular weight is 379 g/mol. The summed E-state index contributed by atoms with van der Waals surface area (Å²) < 4.78 is 5.92. The van der Waals surface area contributed by atoms with Gasteiger partial charge in [-0.1, -0.05) is 102 Å². The number of hydrogen-bond donors (Lipinski definition) is 0. The molecule has 2 rings (SSSR count). The lowest BCUT2D eigenvalue weighted by Gasteiger charge is -2.22. The molecule has 1 nitrogen and oxygen atoms in total. The molecule has 1 aromatic carbocycles. The molecule has 1 aliphatic rings. The first-order chi connectivity index (χ1) is 12.8. The van der Waals surface area contributed by atoms with E-state index in [2.05, 4.69) is 25.1 Å². The zero-order chi connectivity index (χ0) is 18.5. The molecule has 26 heavy (non-hydrogen) atoms. The van der Waals surface area contributed by atoms with Crippen molar-refractivity contribution in [3.8, 4) is 5.75 Å². The molecular weight excluding hydrogens is 340 g/mol. The highest BCUT2D eigenvalue weighted by Crippen LogP contribution is 2.36. The lowest BCUT2D eigenvalue weighted by atomic mass is 9.84. The number of ether oxygens (including phenoxy) is 1. The average Bonchev–Trinajstić information content (AvgIpc) is 2.68. The predicted molar refractivity (Wildman–Crippen MR) is 115 cm³/mol. The molecular formula is C24H39ClO. The summed E-state index contributed by atoms with van der Waals surface area (Å²) in [6.07, 6.45) is 20.3. The molecule has 0 N–H and O–H groups in total. The van der Waals surface area contributed by atoms with Gasteiger partial charge in [0, 0.05) is 0 Å². The Balaban J connectivity index is 1.54. The van der Waals surface area contributed by atoms with Crippen LogP contribution < -0.4 is 4.74 Å². The van der Waals surface area contributed by atoms with Gasteiger partial charge in [0.25, 0.3) is 0 Å².